The Kier molecular flexibility index (Phi) is 5.23. The van der Waals surface area contributed by atoms with Gasteiger partial charge in [-0.3, -0.25) is 4.79 Å². The zero-order valence-corrected chi connectivity index (χ0v) is 13.7. The minimum atomic E-state index is -0.590. The summed E-state index contributed by atoms with van der Waals surface area (Å²) < 4.78 is 15.5. The van der Waals surface area contributed by atoms with Crippen molar-refractivity contribution in [2.75, 3.05) is 0 Å². The van der Waals surface area contributed by atoms with E-state index < -0.39 is 17.9 Å². The van der Waals surface area contributed by atoms with Gasteiger partial charge in [-0.15, -0.1) is 0 Å². The molecule has 0 aromatic heterocycles. The quantitative estimate of drug-likeness (QED) is 0.449. The molecule has 23 heavy (non-hydrogen) atoms. The van der Waals surface area contributed by atoms with Crippen LogP contribution in [0.25, 0.3) is 0 Å². The van der Waals surface area contributed by atoms with Crippen molar-refractivity contribution >= 4 is 17.9 Å². The lowest BCUT2D eigenvalue weighted by Gasteiger charge is -2.27. The molecule has 0 N–H and O–H groups in total. The predicted octanol–water partition coefficient (Wildman–Crippen LogP) is 2.43. The maximum atomic E-state index is 12.2. The lowest BCUT2D eigenvalue weighted by molar-refractivity contribution is -0.155. The molecular weight excluding hydrogens is 300 g/mol. The average molecular weight is 322 g/mol. The summed E-state index contributed by atoms with van der Waals surface area (Å²) in [6, 6.07) is 0. The summed E-state index contributed by atoms with van der Waals surface area (Å²) in [6.45, 7) is 8.59. The lowest BCUT2D eigenvalue weighted by atomic mass is 9.87. The van der Waals surface area contributed by atoms with Crippen molar-refractivity contribution in [1.82, 2.24) is 0 Å². The van der Waals surface area contributed by atoms with Crippen molar-refractivity contribution in [1.29, 1.82) is 0 Å². The molecule has 0 amide bonds. The highest BCUT2D eigenvalue weighted by Gasteiger charge is 2.35. The third-order valence-corrected chi connectivity index (χ3v) is 4.27. The van der Waals surface area contributed by atoms with Crippen LogP contribution >= 0.6 is 0 Å². The molecule has 2 aliphatic rings. The third kappa shape index (κ3) is 4.00. The van der Waals surface area contributed by atoms with Gasteiger partial charge in [0.15, 0.2) is 0 Å². The summed E-state index contributed by atoms with van der Waals surface area (Å²) in [5, 5.41) is 0. The first-order chi connectivity index (χ1) is 10.8. The first kappa shape index (κ1) is 17.2. The first-order valence-corrected chi connectivity index (χ1v) is 7.79. The lowest BCUT2D eigenvalue weighted by Crippen LogP contribution is -2.29. The van der Waals surface area contributed by atoms with Crippen LogP contribution in [0.5, 0.6) is 0 Å². The molecule has 126 valence electrons. The number of carbonyl (C=O) groups is 3. The Hall–Kier alpha value is -2.11. The number of esters is 3. The Labute approximate surface area is 135 Å². The molecule has 0 spiro atoms. The van der Waals surface area contributed by atoms with Gasteiger partial charge in [0, 0.05) is 11.1 Å². The molecule has 1 aliphatic carbocycles. The fourth-order valence-electron chi connectivity index (χ4n) is 2.62. The first-order valence-electron chi connectivity index (χ1n) is 7.79. The van der Waals surface area contributed by atoms with E-state index in [1.165, 1.54) is 0 Å². The van der Waals surface area contributed by atoms with Gasteiger partial charge in [-0.1, -0.05) is 6.58 Å². The highest BCUT2D eigenvalue weighted by molar-refractivity contribution is 5.93. The van der Waals surface area contributed by atoms with E-state index in [0.29, 0.717) is 36.8 Å². The van der Waals surface area contributed by atoms with Gasteiger partial charge in [0.05, 0.1) is 5.92 Å². The number of hydrogen-bond donors (Lipinski definition) is 0. The fraction of sp³-hybridized carbons (Fsp3) is 0.588. The Balaban J connectivity index is 1.86. The topological polar surface area (TPSA) is 78.9 Å². The van der Waals surface area contributed by atoms with Gasteiger partial charge in [-0.05, 0) is 46.5 Å². The zero-order chi connectivity index (χ0) is 17.1. The second-order valence-corrected chi connectivity index (χ2v) is 6.14. The Morgan fingerprint density at radius 3 is 2.30 bits per heavy atom. The molecule has 1 fully saturated rings. The fourth-order valence-corrected chi connectivity index (χ4v) is 2.62. The molecule has 0 aromatic carbocycles. The SMILES string of the molecule is C=C(C)C(=O)OC1CCC(C(=O)OC2=C(C)C(C)OC2=O)CC1. The standard InChI is InChI=1S/C17H22O6/c1-9(2)15(18)22-13-7-5-12(6-8-13)16(19)23-14-10(3)11(4)21-17(14)20/h11-13H,1,5-8H2,2-4H3. The smallest absolute Gasteiger partial charge is 0.375 e. The molecule has 1 unspecified atom stereocenters. The minimum Gasteiger partial charge on any atom is -0.459 e. The summed E-state index contributed by atoms with van der Waals surface area (Å²) in [4.78, 5) is 35.3. The Bertz CT molecular complexity index is 566. The van der Waals surface area contributed by atoms with Crippen LogP contribution in [0.4, 0.5) is 0 Å². The summed E-state index contributed by atoms with van der Waals surface area (Å²) in [6.07, 6.45) is 1.76. The monoisotopic (exact) mass is 322 g/mol. The molecular formula is C17H22O6. The Morgan fingerprint density at radius 2 is 1.83 bits per heavy atom. The largest absolute Gasteiger partial charge is 0.459 e. The van der Waals surface area contributed by atoms with E-state index >= 15 is 0 Å². The summed E-state index contributed by atoms with van der Waals surface area (Å²) in [5.41, 5.74) is 0.996. The van der Waals surface area contributed by atoms with Crippen LogP contribution < -0.4 is 0 Å². The van der Waals surface area contributed by atoms with Gasteiger partial charge < -0.3 is 14.2 Å². The molecule has 6 heteroatoms. The van der Waals surface area contributed by atoms with E-state index in [1.807, 2.05) is 0 Å². The number of rotatable bonds is 4. The number of hydrogen-bond acceptors (Lipinski definition) is 6. The number of carbonyl (C=O) groups excluding carboxylic acids is 3. The Morgan fingerprint density at radius 1 is 1.22 bits per heavy atom. The third-order valence-electron chi connectivity index (χ3n) is 4.27. The summed E-state index contributed by atoms with van der Waals surface area (Å²) >= 11 is 0. The number of cyclic esters (lactones) is 1. The van der Waals surface area contributed by atoms with Crippen LogP contribution in [-0.2, 0) is 28.6 Å². The van der Waals surface area contributed by atoms with E-state index in [4.69, 9.17) is 14.2 Å². The molecule has 0 bridgehead atoms. The molecule has 1 atom stereocenters. The van der Waals surface area contributed by atoms with Gasteiger partial charge in [0.1, 0.15) is 12.2 Å². The molecule has 0 radical (unpaired) electrons. The summed E-state index contributed by atoms with van der Waals surface area (Å²) in [7, 11) is 0. The molecule has 0 saturated heterocycles. The highest BCUT2D eigenvalue weighted by atomic mass is 16.6. The van der Waals surface area contributed by atoms with Crippen LogP contribution in [0.2, 0.25) is 0 Å². The van der Waals surface area contributed by atoms with Crippen LogP contribution in [0.1, 0.15) is 46.5 Å². The molecule has 1 aliphatic heterocycles. The van der Waals surface area contributed by atoms with Crippen molar-refractivity contribution in [2.45, 2.75) is 58.7 Å². The molecule has 2 rings (SSSR count). The van der Waals surface area contributed by atoms with Crippen LogP contribution in [-0.4, -0.2) is 30.1 Å². The van der Waals surface area contributed by atoms with E-state index in [-0.39, 0.29) is 23.9 Å². The van der Waals surface area contributed by atoms with Crippen molar-refractivity contribution in [2.24, 2.45) is 5.92 Å². The van der Waals surface area contributed by atoms with Gasteiger partial charge in [-0.2, -0.15) is 0 Å². The van der Waals surface area contributed by atoms with Crippen molar-refractivity contribution < 1.29 is 28.6 Å². The van der Waals surface area contributed by atoms with Crippen LogP contribution in [0.15, 0.2) is 23.5 Å². The highest BCUT2D eigenvalue weighted by Crippen LogP contribution is 2.30. The van der Waals surface area contributed by atoms with Gasteiger partial charge in [0.25, 0.3) is 0 Å². The second kappa shape index (κ2) is 6.98. The molecule has 1 saturated carbocycles. The maximum absolute atomic E-state index is 12.2. The summed E-state index contributed by atoms with van der Waals surface area (Å²) in [5.74, 6) is -1.70. The van der Waals surface area contributed by atoms with E-state index in [9.17, 15) is 14.4 Å². The molecule has 0 aromatic rings. The van der Waals surface area contributed by atoms with E-state index in [1.54, 1.807) is 20.8 Å². The second-order valence-electron chi connectivity index (χ2n) is 6.14. The van der Waals surface area contributed by atoms with E-state index in [0.717, 1.165) is 0 Å². The molecule has 1 heterocycles. The molecule has 6 nitrogen and oxygen atoms in total. The van der Waals surface area contributed by atoms with Crippen molar-refractivity contribution in [3.8, 4) is 0 Å². The maximum Gasteiger partial charge on any atom is 0.375 e. The van der Waals surface area contributed by atoms with Crippen molar-refractivity contribution in [3.63, 3.8) is 0 Å². The average Bonchev–Trinajstić information content (AvgIpc) is 2.74. The van der Waals surface area contributed by atoms with Gasteiger partial charge >= 0.3 is 17.9 Å². The van der Waals surface area contributed by atoms with Gasteiger partial charge in [-0.25, -0.2) is 9.59 Å². The van der Waals surface area contributed by atoms with Gasteiger partial charge in [0.2, 0.25) is 5.76 Å². The number of ether oxygens (including phenoxy) is 3. The van der Waals surface area contributed by atoms with Crippen LogP contribution in [0.3, 0.4) is 0 Å². The minimum absolute atomic E-state index is 0.0123. The zero-order valence-electron chi connectivity index (χ0n) is 13.7. The predicted molar refractivity (Wildman–Crippen MR) is 81.0 cm³/mol. The normalized spacial score (nSPS) is 27.4. The van der Waals surface area contributed by atoms with E-state index in [2.05, 4.69) is 6.58 Å². The van der Waals surface area contributed by atoms with Crippen molar-refractivity contribution in [3.05, 3.63) is 23.5 Å². The van der Waals surface area contributed by atoms with Crippen LogP contribution in [0, 0.1) is 5.92 Å².